The molecule has 1 aliphatic heterocycles. The molecule has 2 N–H and O–H groups in total. The molecule has 6 heteroatoms. The summed E-state index contributed by atoms with van der Waals surface area (Å²) in [4.78, 5) is 24.9. The fourth-order valence-corrected chi connectivity index (χ4v) is 3.06. The summed E-state index contributed by atoms with van der Waals surface area (Å²) >= 11 is 0. The van der Waals surface area contributed by atoms with Crippen LogP contribution in [0.25, 0.3) is 11.0 Å². The van der Waals surface area contributed by atoms with Crippen molar-refractivity contribution < 1.29 is 23.8 Å². The number of carbonyl (C=O) groups excluding carboxylic acids is 2. The summed E-state index contributed by atoms with van der Waals surface area (Å²) in [5, 5.41) is 14.3. The van der Waals surface area contributed by atoms with Gasteiger partial charge in [-0.2, -0.15) is 0 Å². The van der Waals surface area contributed by atoms with E-state index in [1.54, 1.807) is 36.4 Å². The van der Waals surface area contributed by atoms with Crippen LogP contribution in [-0.2, 0) is 10.4 Å². The molecule has 0 saturated carbocycles. The normalized spacial score (nSPS) is 18.9. The predicted octanol–water partition coefficient (Wildman–Crippen LogP) is 2.85. The number of para-hydroxylation sites is 1. The second-order valence-electron chi connectivity index (χ2n) is 5.97. The van der Waals surface area contributed by atoms with Gasteiger partial charge in [0.05, 0.1) is 13.5 Å². The Morgan fingerprint density at radius 1 is 1.24 bits per heavy atom. The third-order valence-electron chi connectivity index (χ3n) is 4.41. The van der Waals surface area contributed by atoms with E-state index in [-0.39, 0.29) is 5.76 Å². The number of ether oxygens (including phenoxy) is 1. The number of fused-ring (bicyclic) bond motifs is 2. The molecule has 4 rings (SSSR count). The Hall–Kier alpha value is -3.12. The number of aliphatic hydroxyl groups is 1. The number of rotatable bonds is 4. The van der Waals surface area contributed by atoms with Gasteiger partial charge in [-0.1, -0.05) is 18.2 Å². The maximum Gasteiger partial charge on any atom is 0.261 e. The van der Waals surface area contributed by atoms with Gasteiger partial charge in [-0.05, 0) is 30.3 Å². The number of methoxy groups -OCH3 is 1. The Morgan fingerprint density at radius 3 is 2.80 bits per heavy atom. The van der Waals surface area contributed by atoms with Crippen LogP contribution in [0.4, 0.5) is 5.69 Å². The quantitative estimate of drug-likeness (QED) is 0.715. The second-order valence-corrected chi connectivity index (χ2v) is 5.97. The van der Waals surface area contributed by atoms with Crippen LogP contribution < -0.4 is 10.1 Å². The van der Waals surface area contributed by atoms with Crippen LogP contribution in [0.5, 0.6) is 5.75 Å². The fraction of sp³-hybridized carbons (Fsp3) is 0.158. The van der Waals surface area contributed by atoms with Gasteiger partial charge in [0.1, 0.15) is 11.3 Å². The second kappa shape index (κ2) is 5.46. The smallest absolute Gasteiger partial charge is 0.261 e. The molecule has 0 spiro atoms. The van der Waals surface area contributed by atoms with E-state index in [9.17, 15) is 14.7 Å². The fourth-order valence-electron chi connectivity index (χ4n) is 3.06. The van der Waals surface area contributed by atoms with E-state index in [1.807, 2.05) is 12.1 Å². The number of Topliss-reactive ketones (excluding diaryl/α,β-unsaturated/α-hetero) is 1. The minimum absolute atomic E-state index is 0.110. The van der Waals surface area contributed by atoms with E-state index < -0.39 is 23.7 Å². The summed E-state index contributed by atoms with van der Waals surface area (Å²) in [7, 11) is 1.49. The molecule has 1 amide bonds. The number of hydrogen-bond donors (Lipinski definition) is 2. The summed E-state index contributed by atoms with van der Waals surface area (Å²) in [6.45, 7) is 0. The van der Waals surface area contributed by atoms with E-state index in [0.717, 1.165) is 5.39 Å². The van der Waals surface area contributed by atoms with Crippen molar-refractivity contribution in [2.75, 3.05) is 12.4 Å². The molecule has 25 heavy (non-hydrogen) atoms. The number of benzene rings is 2. The number of furan rings is 1. The van der Waals surface area contributed by atoms with Gasteiger partial charge < -0.3 is 19.6 Å². The summed E-state index contributed by atoms with van der Waals surface area (Å²) in [5.41, 5.74) is -0.595. The maximum absolute atomic E-state index is 12.6. The Bertz CT molecular complexity index is 973. The van der Waals surface area contributed by atoms with Gasteiger partial charge in [-0.15, -0.1) is 0 Å². The molecule has 1 atom stereocenters. The molecule has 0 bridgehead atoms. The lowest BCUT2D eigenvalue weighted by atomic mass is 9.89. The highest BCUT2D eigenvalue weighted by molar-refractivity contribution is 6.09. The summed E-state index contributed by atoms with van der Waals surface area (Å²) < 4.78 is 10.7. The van der Waals surface area contributed by atoms with Crippen LogP contribution in [-0.4, -0.2) is 23.9 Å². The molecular formula is C19H15NO5. The highest BCUT2D eigenvalue weighted by Gasteiger charge is 2.47. The zero-order valence-corrected chi connectivity index (χ0v) is 13.4. The Labute approximate surface area is 143 Å². The van der Waals surface area contributed by atoms with Crippen molar-refractivity contribution in [3.05, 3.63) is 59.9 Å². The van der Waals surface area contributed by atoms with Gasteiger partial charge >= 0.3 is 0 Å². The van der Waals surface area contributed by atoms with E-state index in [0.29, 0.717) is 22.6 Å². The highest BCUT2D eigenvalue weighted by Crippen LogP contribution is 2.41. The molecule has 6 nitrogen and oxygen atoms in total. The van der Waals surface area contributed by atoms with Gasteiger partial charge in [-0.3, -0.25) is 9.59 Å². The van der Waals surface area contributed by atoms with Gasteiger partial charge in [0.15, 0.2) is 11.4 Å². The third kappa shape index (κ3) is 2.38. The van der Waals surface area contributed by atoms with Crippen molar-refractivity contribution in [2.45, 2.75) is 12.0 Å². The molecule has 126 valence electrons. The zero-order valence-electron chi connectivity index (χ0n) is 13.4. The zero-order chi connectivity index (χ0) is 17.6. The Morgan fingerprint density at radius 2 is 2.04 bits per heavy atom. The van der Waals surface area contributed by atoms with Crippen LogP contribution in [0, 0.1) is 0 Å². The average molecular weight is 337 g/mol. The molecule has 2 heterocycles. The summed E-state index contributed by atoms with van der Waals surface area (Å²) in [5.74, 6) is -0.492. The molecule has 1 aliphatic rings. The van der Waals surface area contributed by atoms with Gasteiger partial charge in [0.25, 0.3) is 5.91 Å². The Balaban J connectivity index is 1.70. The van der Waals surface area contributed by atoms with Gasteiger partial charge in [-0.25, -0.2) is 0 Å². The van der Waals surface area contributed by atoms with Crippen LogP contribution in [0.15, 0.2) is 52.9 Å². The van der Waals surface area contributed by atoms with Crippen LogP contribution in [0.2, 0.25) is 0 Å². The molecule has 1 aromatic heterocycles. The lowest BCUT2D eigenvalue weighted by Gasteiger charge is -2.19. The lowest BCUT2D eigenvalue weighted by Crippen LogP contribution is -2.36. The molecule has 3 aromatic rings. The highest BCUT2D eigenvalue weighted by atomic mass is 16.5. The molecular weight excluding hydrogens is 322 g/mol. The Kier molecular flexibility index (Phi) is 3.36. The first-order chi connectivity index (χ1) is 12.0. The lowest BCUT2D eigenvalue weighted by molar-refractivity contribution is -0.133. The molecule has 0 radical (unpaired) electrons. The van der Waals surface area contributed by atoms with Crippen molar-refractivity contribution in [1.82, 2.24) is 0 Å². The van der Waals surface area contributed by atoms with E-state index in [2.05, 4.69) is 5.32 Å². The van der Waals surface area contributed by atoms with Gasteiger partial charge in [0.2, 0.25) is 5.78 Å². The van der Waals surface area contributed by atoms with Crippen LogP contribution >= 0.6 is 0 Å². The van der Waals surface area contributed by atoms with Crippen LogP contribution in [0.3, 0.4) is 0 Å². The number of amides is 1. The number of anilines is 1. The van der Waals surface area contributed by atoms with Crippen molar-refractivity contribution >= 4 is 28.3 Å². The summed E-state index contributed by atoms with van der Waals surface area (Å²) in [6, 6.07) is 13.7. The molecule has 0 saturated heterocycles. The number of hydrogen-bond acceptors (Lipinski definition) is 5. The number of nitrogens with one attached hydrogen (secondary N) is 1. The first kappa shape index (κ1) is 15.4. The van der Waals surface area contributed by atoms with Crippen molar-refractivity contribution in [1.29, 1.82) is 0 Å². The minimum Gasteiger partial charge on any atom is -0.497 e. The molecule has 1 unspecified atom stereocenters. The predicted molar refractivity (Wildman–Crippen MR) is 90.7 cm³/mol. The van der Waals surface area contributed by atoms with Crippen molar-refractivity contribution in [3.63, 3.8) is 0 Å². The van der Waals surface area contributed by atoms with Crippen LogP contribution in [0.1, 0.15) is 22.5 Å². The van der Waals surface area contributed by atoms with Crippen molar-refractivity contribution in [2.24, 2.45) is 0 Å². The monoisotopic (exact) mass is 337 g/mol. The van der Waals surface area contributed by atoms with Gasteiger partial charge in [0, 0.05) is 16.6 Å². The number of ketones is 1. The maximum atomic E-state index is 12.6. The topological polar surface area (TPSA) is 88.8 Å². The molecule has 0 fully saturated rings. The SMILES string of the molecule is COc1ccc2c(c1)C(O)(CC(=O)c1cc3ccccc3o1)C(=O)N2. The molecule has 2 aromatic carbocycles. The van der Waals surface area contributed by atoms with E-state index >= 15 is 0 Å². The van der Waals surface area contributed by atoms with E-state index in [4.69, 9.17) is 9.15 Å². The first-order valence-corrected chi connectivity index (χ1v) is 7.75. The molecule has 0 aliphatic carbocycles. The number of carbonyl (C=O) groups is 2. The first-order valence-electron chi connectivity index (χ1n) is 7.75. The summed E-state index contributed by atoms with van der Waals surface area (Å²) in [6.07, 6.45) is -0.418. The van der Waals surface area contributed by atoms with Crippen molar-refractivity contribution in [3.8, 4) is 5.75 Å². The third-order valence-corrected chi connectivity index (χ3v) is 4.41. The average Bonchev–Trinajstić information content (AvgIpc) is 3.15. The standard InChI is InChI=1S/C19H15NO5/c1-24-12-6-7-14-13(9-12)19(23,18(22)20-14)10-15(21)17-8-11-4-2-3-5-16(11)25-17/h2-9,23H,10H2,1H3,(H,20,22). The van der Waals surface area contributed by atoms with E-state index in [1.165, 1.54) is 7.11 Å². The largest absolute Gasteiger partial charge is 0.497 e. The minimum atomic E-state index is -1.96.